The quantitative estimate of drug-likeness (QED) is 0.240. The van der Waals surface area contributed by atoms with Gasteiger partial charge in [0.25, 0.3) is 0 Å². The fraction of sp³-hybridized carbons (Fsp3) is 0.129. The van der Waals surface area contributed by atoms with Crippen LogP contribution in [0.5, 0.6) is 0 Å². The van der Waals surface area contributed by atoms with E-state index in [-0.39, 0.29) is 6.61 Å². The van der Waals surface area contributed by atoms with Crippen molar-refractivity contribution in [3.8, 4) is 22.6 Å². The third kappa shape index (κ3) is 4.08. The van der Waals surface area contributed by atoms with Crippen LogP contribution in [-0.2, 0) is 6.61 Å². The van der Waals surface area contributed by atoms with Crippen molar-refractivity contribution in [3.63, 3.8) is 0 Å². The van der Waals surface area contributed by atoms with Crippen molar-refractivity contribution in [2.45, 2.75) is 27.4 Å². The van der Waals surface area contributed by atoms with Gasteiger partial charge in [0.05, 0.1) is 11.6 Å². The summed E-state index contributed by atoms with van der Waals surface area (Å²) < 4.78 is 6.09. The minimum atomic E-state index is -0.111. The highest BCUT2D eigenvalue weighted by Gasteiger charge is 2.18. The van der Waals surface area contributed by atoms with E-state index in [9.17, 15) is 5.11 Å². The predicted octanol–water partition coefficient (Wildman–Crippen LogP) is 7.92. The van der Waals surface area contributed by atoms with E-state index < -0.39 is 0 Å². The van der Waals surface area contributed by atoms with Gasteiger partial charge in [-0.05, 0) is 90.6 Å². The van der Waals surface area contributed by atoms with Crippen LogP contribution in [0.4, 0.5) is 11.5 Å². The smallest absolute Gasteiger partial charge is 0.227 e. The SMILES string of the molecule is Cc1c(Nc2nccc3c(C)ccnc23)cccc1-c1cccc(-c2nc3cc(CO)cc(Cl)c3o2)c1C. The van der Waals surface area contributed by atoms with Gasteiger partial charge in [-0.2, -0.15) is 0 Å². The largest absolute Gasteiger partial charge is 0.434 e. The van der Waals surface area contributed by atoms with E-state index in [1.807, 2.05) is 42.7 Å². The Balaban J connectivity index is 1.42. The molecule has 6 nitrogen and oxygen atoms in total. The summed E-state index contributed by atoms with van der Waals surface area (Å²) in [6, 6.07) is 19.8. The number of aliphatic hydroxyl groups excluding tert-OH is 1. The first-order chi connectivity index (χ1) is 18.4. The Kier molecular flexibility index (Phi) is 6.06. The first-order valence-electron chi connectivity index (χ1n) is 12.3. The molecule has 0 radical (unpaired) electrons. The van der Waals surface area contributed by atoms with E-state index in [1.54, 1.807) is 12.1 Å². The molecule has 3 heterocycles. The molecule has 7 heteroatoms. The number of rotatable bonds is 5. The zero-order valence-corrected chi connectivity index (χ0v) is 22.0. The number of oxazole rings is 1. The van der Waals surface area contributed by atoms with Gasteiger partial charge < -0.3 is 14.8 Å². The number of aromatic nitrogens is 3. The predicted molar refractivity (Wildman–Crippen MR) is 153 cm³/mol. The number of hydrogen-bond donors (Lipinski definition) is 2. The van der Waals surface area contributed by atoms with Crippen LogP contribution < -0.4 is 5.32 Å². The Morgan fingerprint density at radius 2 is 1.61 bits per heavy atom. The molecule has 3 aromatic heterocycles. The van der Waals surface area contributed by atoms with Gasteiger partial charge in [-0.1, -0.05) is 35.9 Å². The van der Waals surface area contributed by atoms with Crippen molar-refractivity contribution < 1.29 is 9.52 Å². The molecule has 0 aliphatic heterocycles. The van der Waals surface area contributed by atoms with E-state index in [0.29, 0.717) is 27.6 Å². The number of fused-ring (bicyclic) bond motifs is 2. The number of anilines is 2. The average Bonchev–Trinajstić information content (AvgIpc) is 3.35. The first kappa shape index (κ1) is 24.1. The van der Waals surface area contributed by atoms with Crippen LogP contribution in [-0.4, -0.2) is 20.1 Å². The maximum absolute atomic E-state index is 9.53. The number of nitrogens with zero attached hydrogens (tertiary/aromatic N) is 3. The number of pyridine rings is 2. The van der Waals surface area contributed by atoms with Crippen LogP contribution in [0.1, 0.15) is 22.3 Å². The first-order valence-corrected chi connectivity index (χ1v) is 12.7. The average molecular weight is 521 g/mol. The van der Waals surface area contributed by atoms with Gasteiger partial charge in [0.1, 0.15) is 11.0 Å². The number of hydrogen-bond acceptors (Lipinski definition) is 6. The lowest BCUT2D eigenvalue weighted by Gasteiger charge is -2.16. The summed E-state index contributed by atoms with van der Waals surface area (Å²) in [6.45, 7) is 6.13. The summed E-state index contributed by atoms with van der Waals surface area (Å²) in [7, 11) is 0. The Morgan fingerprint density at radius 1 is 0.868 bits per heavy atom. The molecule has 0 unspecified atom stereocenters. The molecule has 6 aromatic rings. The molecule has 0 amide bonds. The molecule has 0 saturated heterocycles. The standard InChI is InChI=1S/C31H25ClN4O2/c1-17-10-12-33-28-21(17)11-13-34-30(28)35-26-9-5-7-23(19(26)3)22-6-4-8-24(18(22)2)31-36-27-15-20(16-37)14-25(32)29(27)38-31/h4-15,37H,16H2,1-3H3,(H,34,35). The Labute approximate surface area is 225 Å². The number of benzene rings is 3. The van der Waals surface area contributed by atoms with E-state index in [4.69, 9.17) is 21.0 Å². The van der Waals surface area contributed by atoms with Crippen LogP contribution in [0, 0.1) is 20.8 Å². The third-order valence-corrected chi connectivity index (χ3v) is 7.29. The molecule has 0 fully saturated rings. The zero-order valence-electron chi connectivity index (χ0n) is 21.2. The summed E-state index contributed by atoms with van der Waals surface area (Å²) >= 11 is 6.40. The molecule has 0 spiro atoms. The fourth-order valence-corrected chi connectivity index (χ4v) is 5.19. The second-order valence-corrected chi connectivity index (χ2v) is 9.78. The lowest BCUT2D eigenvalue weighted by atomic mass is 9.93. The van der Waals surface area contributed by atoms with Crippen LogP contribution in [0.2, 0.25) is 5.02 Å². The topological polar surface area (TPSA) is 84.1 Å². The van der Waals surface area contributed by atoms with E-state index in [2.05, 4.69) is 54.3 Å². The van der Waals surface area contributed by atoms with Gasteiger partial charge >= 0.3 is 0 Å². The number of halogens is 1. The lowest BCUT2D eigenvalue weighted by molar-refractivity contribution is 0.282. The second-order valence-electron chi connectivity index (χ2n) is 9.37. The lowest BCUT2D eigenvalue weighted by Crippen LogP contribution is -2.00. The number of nitrogens with one attached hydrogen (secondary N) is 1. The van der Waals surface area contributed by atoms with E-state index in [1.165, 1.54) is 0 Å². The molecule has 188 valence electrons. The highest BCUT2D eigenvalue weighted by Crippen LogP contribution is 2.38. The Morgan fingerprint density at radius 3 is 2.42 bits per heavy atom. The van der Waals surface area contributed by atoms with Crippen molar-refractivity contribution in [1.82, 2.24) is 15.0 Å². The highest BCUT2D eigenvalue weighted by molar-refractivity contribution is 6.34. The molecule has 38 heavy (non-hydrogen) atoms. The van der Waals surface area contributed by atoms with Crippen LogP contribution in [0.3, 0.4) is 0 Å². The Bertz CT molecular complexity index is 1840. The molecular weight excluding hydrogens is 496 g/mol. The molecule has 3 aromatic carbocycles. The van der Waals surface area contributed by atoms with Crippen molar-refractivity contribution in [3.05, 3.63) is 100 Å². The normalized spacial score (nSPS) is 11.4. The molecular formula is C31H25ClN4O2. The monoisotopic (exact) mass is 520 g/mol. The maximum atomic E-state index is 9.53. The number of aryl methyl sites for hydroxylation is 1. The van der Waals surface area contributed by atoms with Crippen molar-refractivity contribution in [2.75, 3.05) is 5.32 Å². The summed E-state index contributed by atoms with van der Waals surface area (Å²) in [5.41, 5.74) is 9.97. The van der Waals surface area contributed by atoms with Gasteiger partial charge in [-0.3, -0.25) is 4.98 Å². The molecule has 0 saturated carbocycles. The van der Waals surface area contributed by atoms with E-state index in [0.717, 1.165) is 55.8 Å². The molecule has 6 rings (SSSR count). The van der Waals surface area contributed by atoms with Gasteiger partial charge in [0.15, 0.2) is 11.4 Å². The fourth-order valence-electron chi connectivity index (χ4n) is 4.91. The van der Waals surface area contributed by atoms with Gasteiger partial charge in [0, 0.05) is 29.0 Å². The highest BCUT2D eigenvalue weighted by atomic mass is 35.5. The Hall–Kier alpha value is -4.26. The van der Waals surface area contributed by atoms with Gasteiger partial charge in [-0.25, -0.2) is 9.97 Å². The maximum Gasteiger partial charge on any atom is 0.227 e. The summed E-state index contributed by atoms with van der Waals surface area (Å²) in [5, 5.41) is 14.5. The third-order valence-electron chi connectivity index (χ3n) is 7.01. The summed E-state index contributed by atoms with van der Waals surface area (Å²) in [4.78, 5) is 13.8. The summed E-state index contributed by atoms with van der Waals surface area (Å²) in [5.74, 6) is 1.21. The van der Waals surface area contributed by atoms with Crippen molar-refractivity contribution >= 4 is 45.1 Å². The van der Waals surface area contributed by atoms with Crippen LogP contribution >= 0.6 is 11.6 Å². The molecule has 0 bridgehead atoms. The molecule has 2 N–H and O–H groups in total. The van der Waals surface area contributed by atoms with Crippen molar-refractivity contribution in [1.29, 1.82) is 0 Å². The molecule has 0 atom stereocenters. The molecule has 0 aliphatic carbocycles. The minimum Gasteiger partial charge on any atom is -0.434 e. The van der Waals surface area contributed by atoms with Crippen LogP contribution in [0.15, 0.2) is 77.5 Å². The van der Waals surface area contributed by atoms with Gasteiger partial charge in [0.2, 0.25) is 5.89 Å². The molecule has 0 aliphatic rings. The minimum absolute atomic E-state index is 0.111. The van der Waals surface area contributed by atoms with Crippen molar-refractivity contribution in [2.24, 2.45) is 0 Å². The zero-order chi connectivity index (χ0) is 26.4. The number of aliphatic hydroxyl groups is 1. The summed E-state index contributed by atoms with van der Waals surface area (Å²) in [6.07, 6.45) is 3.62. The second kappa shape index (κ2) is 9.56. The van der Waals surface area contributed by atoms with Gasteiger partial charge in [-0.15, -0.1) is 0 Å². The van der Waals surface area contributed by atoms with Crippen LogP contribution in [0.25, 0.3) is 44.6 Å². The van der Waals surface area contributed by atoms with E-state index >= 15 is 0 Å².